The summed E-state index contributed by atoms with van der Waals surface area (Å²) in [6.45, 7) is 0.301. The third kappa shape index (κ3) is 2.19. The minimum Gasteiger partial charge on any atom is -0.487 e. The van der Waals surface area contributed by atoms with Crippen LogP contribution in [-0.4, -0.2) is 9.38 Å². The van der Waals surface area contributed by atoms with Crippen LogP contribution in [0.5, 0.6) is 5.75 Å². The summed E-state index contributed by atoms with van der Waals surface area (Å²) >= 11 is 7.14. The topological polar surface area (TPSA) is 26.5 Å². The van der Waals surface area contributed by atoms with E-state index < -0.39 is 5.82 Å². The number of ether oxygens (including phenoxy) is 1. The van der Waals surface area contributed by atoms with Gasteiger partial charge in [-0.05, 0) is 12.1 Å². The summed E-state index contributed by atoms with van der Waals surface area (Å²) < 4.78 is 20.6. The Balaban J connectivity index is 1.73. The molecule has 0 saturated heterocycles. The lowest BCUT2D eigenvalue weighted by atomic mass is 10.3. The Morgan fingerprint density at radius 3 is 3.11 bits per heavy atom. The molecule has 2 aromatic heterocycles. The molecule has 92 valence electrons. The molecule has 3 aromatic rings. The van der Waals surface area contributed by atoms with E-state index in [0.29, 0.717) is 12.4 Å². The Kier molecular flexibility index (Phi) is 2.93. The predicted octanol–water partition coefficient (Wildman–Crippen LogP) is 3.77. The van der Waals surface area contributed by atoms with Crippen LogP contribution < -0.4 is 4.74 Å². The average molecular weight is 283 g/mol. The first-order chi connectivity index (χ1) is 8.72. The Bertz CT molecular complexity index is 666. The maximum Gasteiger partial charge on any atom is 0.193 e. The van der Waals surface area contributed by atoms with Crippen LogP contribution in [0.3, 0.4) is 0 Å². The molecule has 0 spiro atoms. The third-order valence-corrected chi connectivity index (χ3v) is 3.50. The normalized spacial score (nSPS) is 11.0. The van der Waals surface area contributed by atoms with Crippen molar-refractivity contribution in [3.63, 3.8) is 0 Å². The molecule has 6 heteroatoms. The van der Waals surface area contributed by atoms with E-state index in [4.69, 9.17) is 16.3 Å². The Labute approximate surface area is 111 Å². The standard InChI is InChI=1S/C12H8ClFN2OS/c13-10-2-1-9(5-11(10)14)17-7-8-6-16-3-4-18-12(16)15-8/h1-6H,7H2. The Morgan fingerprint density at radius 2 is 2.33 bits per heavy atom. The van der Waals surface area contributed by atoms with Crippen LogP contribution in [0, 0.1) is 5.82 Å². The number of thiazole rings is 1. The molecule has 2 heterocycles. The highest BCUT2D eigenvalue weighted by atomic mass is 35.5. The zero-order valence-electron chi connectivity index (χ0n) is 9.14. The van der Waals surface area contributed by atoms with Crippen LogP contribution in [0.4, 0.5) is 4.39 Å². The van der Waals surface area contributed by atoms with Gasteiger partial charge in [-0.1, -0.05) is 11.6 Å². The second-order valence-corrected chi connectivity index (χ2v) is 4.97. The van der Waals surface area contributed by atoms with E-state index in [0.717, 1.165) is 10.7 Å². The van der Waals surface area contributed by atoms with Crippen molar-refractivity contribution in [2.75, 3.05) is 0 Å². The average Bonchev–Trinajstić information content (AvgIpc) is 2.91. The zero-order valence-corrected chi connectivity index (χ0v) is 10.7. The number of imidazole rings is 1. The molecule has 0 aliphatic carbocycles. The number of aromatic nitrogens is 2. The van der Waals surface area contributed by atoms with Crippen LogP contribution in [0.25, 0.3) is 4.96 Å². The van der Waals surface area contributed by atoms with Crippen LogP contribution in [0.15, 0.2) is 36.0 Å². The van der Waals surface area contributed by atoms with Gasteiger partial charge >= 0.3 is 0 Å². The first kappa shape index (κ1) is 11.5. The quantitative estimate of drug-likeness (QED) is 0.731. The molecule has 1 aromatic carbocycles. The number of halogens is 2. The summed E-state index contributed by atoms with van der Waals surface area (Å²) in [4.78, 5) is 5.28. The number of benzene rings is 1. The predicted molar refractivity (Wildman–Crippen MR) is 68.8 cm³/mol. The second-order valence-electron chi connectivity index (χ2n) is 3.69. The van der Waals surface area contributed by atoms with E-state index >= 15 is 0 Å². The second kappa shape index (κ2) is 4.59. The SMILES string of the molecule is Fc1cc(OCc2cn3ccsc3n2)ccc1Cl. The Morgan fingerprint density at radius 1 is 1.44 bits per heavy atom. The van der Waals surface area contributed by atoms with Gasteiger partial charge in [-0.2, -0.15) is 0 Å². The van der Waals surface area contributed by atoms with Crippen molar-refractivity contribution < 1.29 is 9.13 Å². The summed E-state index contributed by atoms with van der Waals surface area (Å²) in [6.07, 6.45) is 3.82. The first-order valence-electron chi connectivity index (χ1n) is 5.21. The van der Waals surface area contributed by atoms with Gasteiger partial charge in [0, 0.05) is 23.8 Å². The lowest BCUT2D eigenvalue weighted by Crippen LogP contribution is -1.96. The van der Waals surface area contributed by atoms with E-state index in [-0.39, 0.29) is 5.02 Å². The number of hydrogen-bond acceptors (Lipinski definition) is 3. The molecular formula is C12H8ClFN2OS. The van der Waals surface area contributed by atoms with E-state index in [1.54, 1.807) is 17.4 Å². The summed E-state index contributed by atoms with van der Waals surface area (Å²) in [5.74, 6) is -0.0479. The van der Waals surface area contributed by atoms with Gasteiger partial charge in [-0.3, -0.25) is 4.40 Å². The highest BCUT2D eigenvalue weighted by Gasteiger charge is 2.05. The fraction of sp³-hybridized carbons (Fsp3) is 0.0833. The molecule has 0 aliphatic heterocycles. The van der Waals surface area contributed by atoms with Gasteiger partial charge in [0.05, 0.1) is 10.7 Å². The molecular weight excluding hydrogens is 275 g/mol. The molecule has 0 unspecified atom stereocenters. The van der Waals surface area contributed by atoms with Crippen molar-refractivity contribution in [2.45, 2.75) is 6.61 Å². The summed E-state index contributed by atoms with van der Waals surface area (Å²) in [7, 11) is 0. The van der Waals surface area contributed by atoms with Crippen molar-refractivity contribution in [3.8, 4) is 5.75 Å². The number of hydrogen-bond donors (Lipinski definition) is 0. The first-order valence-corrected chi connectivity index (χ1v) is 6.47. The number of rotatable bonds is 3. The largest absolute Gasteiger partial charge is 0.487 e. The molecule has 0 saturated carbocycles. The molecule has 0 aliphatic rings. The molecule has 18 heavy (non-hydrogen) atoms. The van der Waals surface area contributed by atoms with Gasteiger partial charge in [-0.25, -0.2) is 9.37 Å². The molecule has 3 rings (SSSR count). The molecule has 0 bridgehead atoms. The molecule has 0 atom stereocenters. The van der Waals surface area contributed by atoms with Gasteiger partial charge in [0.25, 0.3) is 0 Å². The van der Waals surface area contributed by atoms with Gasteiger partial charge in [0.15, 0.2) is 4.96 Å². The molecule has 0 amide bonds. The molecule has 0 N–H and O–H groups in total. The fourth-order valence-electron chi connectivity index (χ4n) is 1.57. The van der Waals surface area contributed by atoms with E-state index in [1.807, 2.05) is 22.2 Å². The van der Waals surface area contributed by atoms with Crippen LogP contribution in [0.2, 0.25) is 5.02 Å². The molecule has 0 fully saturated rings. The van der Waals surface area contributed by atoms with Crippen molar-refractivity contribution in [2.24, 2.45) is 0 Å². The van der Waals surface area contributed by atoms with Crippen molar-refractivity contribution in [1.82, 2.24) is 9.38 Å². The van der Waals surface area contributed by atoms with E-state index in [1.165, 1.54) is 12.1 Å². The minimum atomic E-state index is -0.486. The van der Waals surface area contributed by atoms with Gasteiger partial charge < -0.3 is 4.74 Å². The van der Waals surface area contributed by atoms with Crippen LogP contribution >= 0.6 is 22.9 Å². The Hall–Kier alpha value is -1.59. The minimum absolute atomic E-state index is 0.0878. The van der Waals surface area contributed by atoms with Gasteiger partial charge in [0.2, 0.25) is 0 Å². The maximum absolute atomic E-state index is 13.2. The van der Waals surface area contributed by atoms with Crippen LogP contribution in [0.1, 0.15) is 5.69 Å². The lowest BCUT2D eigenvalue weighted by molar-refractivity contribution is 0.300. The summed E-state index contributed by atoms with van der Waals surface area (Å²) in [6, 6.07) is 4.36. The highest BCUT2D eigenvalue weighted by Crippen LogP contribution is 2.21. The van der Waals surface area contributed by atoms with Crippen molar-refractivity contribution in [1.29, 1.82) is 0 Å². The van der Waals surface area contributed by atoms with E-state index in [9.17, 15) is 4.39 Å². The van der Waals surface area contributed by atoms with Gasteiger partial charge in [-0.15, -0.1) is 11.3 Å². The zero-order chi connectivity index (χ0) is 12.5. The highest BCUT2D eigenvalue weighted by molar-refractivity contribution is 7.15. The molecule has 0 radical (unpaired) electrons. The summed E-state index contributed by atoms with van der Waals surface area (Å²) in [5, 5.41) is 2.05. The summed E-state index contributed by atoms with van der Waals surface area (Å²) in [5.41, 5.74) is 0.803. The van der Waals surface area contributed by atoms with Gasteiger partial charge in [0.1, 0.15) is 18.2 Å². The number of nitrogens with zero attached hydrogens (tertiary/aromatic N) is 2. The monoisotopic (exact) mass is 282 g/mol. The molecule has 3 nitrogen and oxygen atoms in total. The van der Waals surface area contributed by atoms with Crippen molar-refractivity contribution >= 4 is 27.9 Å². The third-order valence-electron chi connectivity index (χ3n) is 2.42. The maximum atomic E-state index is 13.2. The van der Waals surface area contributed by atoms with E-state index in [2.05, 4.69) is 4.98 Å². The lowest BCUT2D eigenvalue weighted by Gasteiger charge is -2.04. The fourth-order valence-corrected chi connectivity index (χ4v) is 2.41. The van der Waals surface area contributed by atoms with Crippen LogP contribution in [-0.2, 0) is 6.61 Å². The smallest absolute Gasteiger partial charge is 0.193 e. The van der Waals surface area contributed by atoms with Crippen molar-refractivity contribution in [3.05, 3.63) is 52.5 Å². The number of fused-ring (bicyclic) bond motifs is 1.